The largest absolute Gasteiger partial charge is 0.453 e. The molecule has 2 aliphatic heterocycles. The first kappa shape index (κ1) is 42.9. The van der Waals surface area contributed by atoms with E-state index in [2.05, 4.69) is 94.7 Å². The molecule has 14 heteroatoms. The summed E-state index contributed by atoms with van der Waals surface area (Å²) in [7, 11) is 4.60. The molecule has 0 bridgehead atoms. The van der Waals surface area contributed by atoms with E-state index >= 15 is 0 Å². The van der Waals surface area contributed by atoms with Crippen LogP contribution >= 0.6 is 0 Å². The number of aryl methyl sites for hydroxylation is 1. The fourth-order valence-corrected chi connectivity index (χ4v) is 8.88. The lowest BCUT2D eigenvalue weighted by Gasteiger charge is -2.30. The number of likely N-dealkylation sites (tertiary alicyclic amines) is 2. The summed E-state index contributed by atoms with van der Waals surface area (Å²) >= 11 is 0. The van der Waals surface area contributed by atoms with E-state index in [0.717, 1.165) is 69.0 Å². The Morgan fingerprint density at radius 2 is 1.15 bits per heavy atom. The van der Waals surface area contributed by atoms with Crippen LogP contribution in [-0.2, 0) is 26.1 Å². The highest BCUT2D eigenvalue weighted by atomic mass is 16.5. The summed E-state index contributed by atoms with van der Waals surface area (Å²) in [6.07, 6.45) is 2.12. The van der Waals surface area contributed by atoms with E-state index in [1.165, 1.54) is 14.2 Å². The van der Waals surface area contributed by atoms with Crippen molar-refractivity contribution in [3.8, 4) is 33.5 Å². The third-order valence-electron chi connectivity index (χ3n) is 12.2. The number of nitrogens with zero attached hydrogens (tertiary/aromatic N) is 5. The molecule has 0 spiro atoms. The second-order valence-corrected chi connectivity index (χ2v) is 17.5. The number of hydrogen-bond donors (Lipinski definition) is 3. The normalized spacial score (nSPS) is 20.0. The number of nitrogens with one attached hydrogen (secondary N) is 3. The quantitative estimate of drug-likeness (QED) is 0.121. The Morgan fingerprint density at radius 1 is 0.689 bits per heavy atom. The number of carbonyl (C=O) groups is 4. The molecule has 2 aliphatic rings. The number of H-pyrrole nitrogens is 1. The van der Waals surface area contributed by atoms with E-state index in [0.29, 0.717) is 13.1 Å². The summed E-state index contributed by atoms with van der Waals surface area (Å²) in [6.45, 7) is 13.1. The van der Waals surface area contributed by atoms with E-state index in [1.54, 1.807) is 0 Å². The van der Waals surface area contributed by atoms with Crippen molar-refractivity contribution in [1.29, 1.82) is 0 Å². The highest BCUT2D eigenvalue weighted by Gasteiger charge is 2.42. The van der Waals surface area contributed by atoms with Gasteiger partial charge in [-0.15, -0.1) is 0 Å². The van der Waals surface area contributed by atoms with Gasteiger partial charge in [0.2, 0.25) is 11.8 Å². The van der Waals surface area contributed by atoms with Gasteiger partial charge in [-0.05, 0) is 76.5 Å². The van der Waals surface area contributed by atoms with Gasteiger partial charge in [-0.1, -0.05) is 96.1 Å². The van der Waals surface area contributed by atoms with Gasteiger partial charge >= 0.3 is 12.2 Å². The number of fused-ring (bicyclic) bond motifs is 1. The molecule has 3 aromatic carbocycles. The first-order valence-corrected chi connectivity index (χ1v) is 21.2. The molecule has 4 amide bonds. The molecule has 322 valence electrons. The van der Waals surface area contributed by atoms with Gasteiger partial charge < -0.3 is 39.5 Å². The predicted molar refractivity (Wildman–Crippen MR) is 234 cm³/mol. The van der Waals surface area contributed by atoms with Crippen molar-refractivity contribution in [3.63, 3.8) is 0 Å². The van der Waals surface area contributed by atoms with Crippen molar-refractivity contribution in [2.45, 2.75) is 78.6 Å². The van der Waals surface area contributed by atoms with Crippen molar-refractivity contribution < 1.29 is 28.7 Å². The maximum atomic E-state index is 13.9. The van der Waals surface area contributed by atoms with Gasteiger partial charge in [-0.25, -0.2) is 19.6 Å². The summed E-state index contributed by atoms with van der Waals surface area (Å²) in [6, 6.07) is 21.3. The second kappa shape index (κ2) is 17.8. The van der Waals surface area contributed by atoms with E-state index in [4.69, 9.17) is 19.4 Å². The van der Waals surface area contributed by atoms with Gasteiger partial charge in [-0.3, -0.25) is 9.59 Å². The molecule has 4 heterocycles. The van der Waals surface area contributed by atoms with Crippen LogP contribution < -0.4 is 10.6 Å². The van der Waals surface area contributed by atoms with Crippen LogP contribution in [0.2, 0.25) is 0 Å². The molecular formula is C47H58N8O6. The molecule has 0 saturated carbocycles. The maximum absolute atomic E-state index is 13.9. The van der Waals surface area contributed by atoms with E-state index in [-0.39, 0.29) is 47.6 Å². The van der Waals surface area contributed by atoms with Crippen LogP contribution in [0.3, 0.4) is 0 Å². The molecule has 61 heavy (non-hydrogen) atoms. The lowest BCUT2D eigenvalue weighted by molar-refractivity contribution is -0.136. The van der Waals surface area contributed by atoms with Crippen LogP contribution in [0, 0.1) is 23.7 Å². The van der Waals surface area contributed by atoms with Crippen molar-refractivity contribution in [2.24, 2.45) is 30.7 Å². The lowest BCUT2D eigenvalue weighted by atomic mass is 9.99. The molecule has 2 aromatic heterocycles. The number of alkyl carbamates (subject to hydrolysis) is 2. The number of imidazole rings is 2. The zero-order valence-electron chi connectivity index (χ0n) is 36.6. The highest BCUT2D eigenvalue weighted by Crippen LogP contribution is 2.39. The van der Waals surface area contributed by atoms with E-state index in [1.807, 2.05) is 56.8 Å². The van der Waals surface area contributed by atoms with Crippen LogP contribution in [0.25, 0.3) is 44.5 Å². The summed E-state index contributed by atoms with van der Waals surface area (Å²) in [5.74, 6) is 1.61. The monoisotopic (exact) mass is 830 g/mol. The van der Waals surface area contributed by atoms with Gasteiger partial charge in [0.05, 0.1) is 49.2 Å². The Balaban J connectivity index is 1.05. The smallest absolute Gasteiger partial charge is 0.407 e. The van der Waals surface area contributed by atoms with Gasteiger partial charge in [0.1, 0.15) is 23.7 Å². The summed E-state index contributed by atoms with van der Waals surface area (Å²) in [5.41, 5.74) is 7.98. The Labute approximate surface area is 357 Å². The molecule has 7 rings (SSSR count). The molecule has 0 radical (unpaired) electrons. The SMILES string of the molecule is COC(=O)N[C@H](C(=O)N1C[C@@H](C)C[C@H]1c1ncc(-c2ccc(-c3ccc(-c4ccc5nc([C@@H]6C[C@H](C)CN6C(=O)[C@@H](NC(=O)OC)C(C)C)n(C)c5c4)cc3)cc2)[nH]1)C(C)C. The first-order chi connectivity index (χ1) is 29.2. The Bertz CT molecular complexity index is 2390. The van der Waals surface area contributed by atoms with Crippen LogP contribution in [0.5, 0.6) is 0 Å². The number of ether oxygens (including phenoxy) is 2. The Hall–Kier alpha value is -6.18. The molecule has 5 aromatic rings. The van der Waals surface area contributed by atoms with Gasteiger partial charge in [0, 0.05) is 20.1 Å². The van der Waals surface area contributed by atoms with Crippen molar-refractivity contribution in [1.82, 2.24) is 40.0 Å². The summed E-state index contributed by atoms with van der Waals surface area (Å²) in [4.78, 5) is 68.7. The average Bonchev–Trinajstić information content (AvgIpc) is 4.06. The molecule has 0 unspecified atom stereocenters. The predicted octanol–water partition coefficient (Wildman–Crippen LogP) is 7.88. The topological polar surface area (TPSA) is 164 Å². The van der Waals surface area contributed by atoms with Crippen molar-refractivity contribution in [2.75, 3.05) is 27.3 Å². The number of hydrogen-bond acceptors (Lipinski definition) is 8. The fraction of sp³-hybridized carbons (Fsp3) is 0.447. The minimum Gasteiger partial charge on any atom is -0.453 e. The minimum absolute atomic E-state index is 0.114. The third-order valence-corrected chi connectivity index (χ3v) is 12.2. The Morgan fingerprint density at radius 3 is 1.66 bits per heavy atom. The molecular weight excluding hydrogens is 773 g/mol. The fourth-order valence-electron chi connectivity index (χ4n) is 8.88. The van der Waals surface area contributed by atoms with Crippen LogP contribution in [-0.4, -0.2) is 92.7 Å². The van der Waals surface area contributed by atoms with Crippen molar-refractivity contribution in [3.05, 3.63) is 84.6 Å². The maximum Gasteiger partial charge on any atom is 0.407 e. The standard InChI is InChI=1S/C47H58N8O6/c1-26(2)40(51-46(58)60-8)44(56)54-24-28(5)20-38(54)42-48-23-36(49-42)33-16-14-31(15-17-33)30-10-12-32(13-11-30)34-18-19-35-37(22-34)53(7)43(50-35)39-21-29(6)25-55(39)45(57)41(27(3)4)52-47(59)61-9/h10-19,22-23,26-29,38-41H,20-21,24-25H2,1-9H3,(H,48,49)(H,51,58)(H,52,59)/t28-,29-,38-,39-,40-,41-/m0/s1. The molecule has 3 N–H and O–H groups in total. The highest BCUT2D eigenvalue weighted by molar-refractivity contribution is 5.88. The minimum atomic E-state index is -0.701. The molecule has 14 nitrogen and oxygen atoms in total. The van der Waals surface area contributed by atoms with Crippen LogP contribution in [0.4, 0.5) is 9.59 Å². The number of carbonyl (C=O) groups excluding carboxylic acids is 4. The zero-order chi connectivity index (χ0) is 43.7. The lowest BCUT2D eigenvalue weighted by Crippen LogP contribution is -2.51. The summed E-state index contributed by atoms with van der Waals surface area (Å²) < 4.78 is 11.7. The van der Waals surface area contributed by atoms with Gasteiger partial charge in [-0.2, -0.15) is 0 Å². The number of benzene rings is 3. The molecule has 0 aliphatic carbocycles. The number of methoxy groups -OCH3 is 2. The molecule has 2 saturated heterocycles. The van der Waals surface area contributed by atoms with Crippen LogP contribution in [0.15, 0.2) is 72.9 Å². The summed E-state index contributed by atoms with van der Waals surface area (Å²) in [5, 5.41) is 5.46. The third kappa shape index (κ3) is 8.85. The molecule has 6 atom stereocenters. The zero-order valence-corrected chi connectivity index (χ0v) is 36.6. The number of aromatic amines is 1. The number of rotatable bonds is 11. The number of amides is 4. The van der Waals surface area contributed by atoms with E-state index in [9.17, 15) is 19.2 Å². The van der Waals surface area contributed by atoms with E-state index < -0.39 is 24.3 Å². The molecule has 2 fully saturated rings. The Kier molecular flexibility index (Phi) is 12.5. The van der Waals surface area contributed by atoms with Gasteiger partial charge in [0.15, 0.2) is 0 Å². The second-order valence-electron chi connectivity index (χ2n) is 17.5. The first-order valence-electron chi connectivity index (χ1n) is 21.2. The van der Waals surface area contributed by atoms with Crippen molar-refractivity contribution >= 4 is 35.0 Å². The number of aromatic nitrogens is 4. The average molecular weight is 831 g/mol. The van der Waals surface area contributed by atoms with Crippen LogP contribution in [0.1, 0.15) is 78.1 Å². The van der Waals surface area contributed by atoms with Gasteiger partial charge in [0.25, 0.3) is 0 Å².